The van der Waals surface area contributed by atoms with Crippen molar-refractivity contribution in [2.24, 2.45) is 5.92 Å². The summed E-state index contributed by atoms with van der Waals surface area (Å²) < 4.78 is 22.7. The van der Waals surface area contributed by atoms with Crippen LogP contribution in [-0.4, -0.2) is 32.4 Å². The molecule has 6 nitrogen and oxygen atoms in total. The molecule has 2 aromatic carbocycles. The number of benzene rings is 2. The molecule has 1 aliphatic rings. The summed E-state index contributed by atoms with van der Waals surface area (Å²) in [5.41, 5.74) is 0.933. The van der Waals surface area contributed by atoms with E-state index in [-0.39, 0.29) is 23.4 Å². The molecule has 0 aliphatic heterocycles. The van der Waals surface area contributed by atoms with Crippen molar-refractivity contribution in [2.75, 3.05) is 20.3 Å². The van der Waals surface area contributed by atoms with Crippen molar-refractivity contribution in [1.29, 1.82) is 0 Å². The third kappa shape index (κ3) is 4.95. The third-order valence-electron chi connectivity index (χ3n) is 5.22. The number of methoxy groups -OCH3 is 1. The average molecular weight is 508 g/mol. The van der Waals surface area contributed by atoms with Crippen molar-refractivity contribution in [3.8, 4) is 17.1 Å². The van der Waals surface area contributed by atoms with E-state index in [0.717, 1.165) is 10.0 Å². The molecule has 0 saturated heterocycles. The number of ether oxygens (including phenoxy) is 3. The molecule has 4 rings (SSSR count). The number of fused-ring (bicyclic) bond motifs is 1. The summed E-state index contributed by atoms with van der Waals surface area (Å²) in [6.07, 6.45) is 1.47. The Balaban J connectivity index is 1.34. The Bertz CT molecular complexity index is 1150. The van der Waals surface area contributed by atoms with Crippen LogP contribution in [0.5, 0.6) is 5.75 Å². The molecule has 0 radical (unpaired) electrons. The minimum Gasteiger partial charge on any atom is -0.491 e. The Morgan fingerprint density at radius 1 is 1.16 bits per heavy atom. The van der Waals surface area contributed by atoms with Crippen LogP contribution in [0.3, 0.4) is 0 Å². The molecule has 8 heteroatoms. The summed E-state index contributed by atoms with van der Waals surface area (Å²) in [6.45, 7) is 0.836. The first-order valence-electron chi connectivity index (χ1n) is 9.80. The van der Waals surface area contributed by atoms with Gasteiger partial charge >= 0.3 is 5.97 Å². The minimum atomic E-state index is -0.173. The lowest BCUT2D eigenvalue weighted by atomic mass is 9.82. The van der Waals surface area contributed by atoms with Gasteiger partial charge in [0.25, 0.3) is 0 Å². The van der Waals surface area contributed by atoms with Gasteiger partial charge in [-0.15, -0.1) is 0 Å². The van der Waals surface area contributed by atoms with Gasteiger partial charge in [-0.3, -0.25) is 9.59 Å². The van der Waals surface area contributed by atoms with E-state index in [1.807, 2.05) is 12.1 Å². The second kappa shape index (κ2) is 9.42. The minimum absolute atomic E-state index is 0.0463. The van der Waals surface area contributed by atoms with Crippen LogP contribution in [0.4, 0.5) is 0 Å². The molecule has 162 valence electrons. The van der Waals surface area contributed by atoms with E-state index >= 15 is 0 Å². The Morgan fingerprint density at radius 2 is 1.90 bits per heavy atom. The van der Waals surface area contributed by atoms with Gasteiger partial charge in [0.05, 0.1) is 36.1 Å². The predicted molar refractivity (Wildman–Crippen MR) is 121 cm³/mol. The average Bonchev–Trinajstić information content (AvgIpc) is 2.73. The fraction of sp³-hybridized carbons (Fsp3) is 0.304. The first-order chi connectivity index (χ1) is 14.9. The summed E-state index contributed by atoms with van der Waals surface area (Å²) in [6, 6.07) is 12.1. The van der Waals surface area contributed by atoms with Crippen molar-refractivity contribution in [3.63, 3.8) is 0 Å². The standard InChI is InChI=1S/C23H20BrClO6/c1-28-23(27)14-8-17(9-14)30-7-6-29-16-4-2-13(3-5-16)21-12-20(26)18-10-15(24)11-19(25)22(18)31-21/h2-5,10-12,14,17H,6-9H2,1H3. The first-order valence-corrected chi connectivity index (χ1v) is 11.0. The topological polar surface area (TPSA) is 75.0 Å². The maximum atomic E-state index is 12.5. The molecule has 3 aromatic rings. The number of hydrogen-bond acceptors (Lipinski definition) is 6. The number of carbonyl (C=O) groups excluding carboxylic acids is 1. The Kier molecular flexibility index (Phi) is 6.65. The molecule has 0 spiro atoms. The van der Waals surface area contributed by atoms with Crippen molar-refractivity contribution in [1.82, 2.24) is 0 Å². The smallest absolute Gasteiger partial charge is 0.308 e. The molecule has 0 amide bonds. The van der Waals surface area contributed by atoms with E-state index in [9.17, 15) is 9.59 Å². The molecule has 31 heavy (non-hydrogen) atoms. The van der Waals surface area contributed by atoms with E-state index in [1.54, 1.807) is 24.3 Å². The lowest BCUT2D eigenvalue weighted by molar-refractivity contribution is -0.155. The molecular formula is C23H20BrClO6. The Morgan fingerprint density at radius 3 is 2.61 bits per heavy atom. The van der Waals surface area contributed by atoms with Crippen LogP contribution in [0, 0.1) is 5.92 Å². The monoisotopic (exact) mass is 506 g/mol. The highest BCUT2D eigenvalue weighted by atomic mass is 79.9. The SMILES string of the molecule is COC(=O)C1CC(OCCOc2ccc(-c3cc(=O)c4cc(Br)cc(Cl)c4o3)cc2)C1. The molecule has 1 aromatic heterocycles. The van der Waals surface area contributed by atoms with Gasteiger partial charge in [0.2, 0.25) is 0 Å². The molecule has 1 aliphatic carbocycles. The van der Waals surface area contributed by atoms with Crippen LogP contribution in [0.2, 0.25) is 5.02 Å². The summed E-state index contributed by atoms with van der Waals surface area (Å²) in [7, 11) is 1.40. The van der Waals surface area contributed by atoms with E-state index in [2.05, 4.69) is 15.9 Å². The zero-order valence-electron chi connectivity index (χ0n) is 16.7. The highest BCUT2D eigenvalue weighted by Crippen LogP contribution is 2.32. The molecule has 1 fully saturated rings. The molecule has 1 heterocycles. The second-order valence-corrected chi connectivity index (χ2v) is 8.62. The van der Waals surface area contributed by atoms with E-state index in [0.29, 0.717) is 53.6 Å². The van der Waals surface area contributed by atoms with Gasteiger partial charge in [-0.1, -0.05) is 27.5 Å². The highest BCUT2D eigenvalue weighted by molar-refractivity contribution is 9.10. The third-order valence-corrected chi connectivity index (χ3v) is 5.96. The maximum absolute atomic E-state index is 12.5. The molecule has 1 saturated carbocycles. The maximum Gasteiger partial charge on any atom is 0.308 e. The molecule has 0 bridgehead atoms. The summed E-state index contributed by atoms with van der Waals surface area (Å²) >= 11 is 9.57. The largest absolute Gasteiger partial charge is 0.491 e. The van der Waals surface area contributed by atoms with Crippen molar-refractivity contribution >= 4 is 44.5 Å². The van der Waals surface area contributed by atoms with E-state index in [1.165, 1.54) is 13.2 Å². The normalized spacial score (nSPS) is 17.9. The number of esters is 1. The molecule has 0 atom stereocenters. The number of halogens is 2. The van der Waals surface area contributed by atoms with Crippen molar-refractivity contribution < 1.29 is 23.4 Å². The van der Waals surface area contributed by atoms with Gasteiger partial charge in [-0.05, 0) is 49.2 Å². The highest BCUT2D eigenvalue weighted by Gasteiger charge is 2.35. The van der Waals surface area contributed by atoms with Crippen LogP contribution in [0.1, 0.15) is 12.8 Å². The van der Waals surface area contributed by atoms with Crippen LogP contribution in [0.25, 0.3) is 22.3 Å². The Labute approximate surface area is 192 Å². The van der Waals surface area contributed by atoms with Crippen LogP contribution in [-0.2, 0) is 14.3 Å². The van der Waals surface area contributed by atoms with Crippen LogP contribution >= 0.6 is 27.5 Å². The van der Waals surface area contributed by atoms with Gasteiger partial charge in [-0.2, -0.15) is 0 Å². The van der Waals surface area contributed by atoms with Crippen LogP contribution < -0.4 is 10.2 Å². The lowest BCUT2D eigenvalue weighted by Crippen LogP contribution is -2.37. The van der Waals surface area contributed by atoms with Crippen LogP contribution in [0.15, 0.2) is 56.1 Å². The molecule has 0 N–H and O–H groups in total. The summed E-state index contributed by atoms with van der Waals surface area (Å²) in [5.74, 6) is 0.892. The fourth-order valence-corrected chi connectivity index (χ4v) is 4.32. The van der Waals surface area contributed by atoms with Crippen molar-refractivity contribution in [3.05, 3.63) is 62.2 Å². The van der Waals surface area contributed by atoms with Gasteiger partial charge in [0, 0.05) is 16.1 Å². The zero-order chi connectivity index (χ0) is 22.0. The van der Waals surface area contributed by atoms with Gasteiger partial charge in [0.1, 0.15) is 18.1 Å². The number of carbonyl (C=O) groups is 1. The zero-order valence-corrected chi connectivity index (χ0v) is 19.1. The predicted octanol–water partition coefficient (Wildman–Crippen LogP) is 5.22. The summed E-state index contributed by atoms with van der Waals surface area (Å²) in [5, 5.41) is 0.792. The molecular weight excluding hydrogens is 488 g/mol. The van der Waals surface area contributed by atoms with Gasteiger partial charge in [-0.25, -0.2) is 0 Å². The van der Waals surface area contributed by atoms with Gasteiger partial charge in [0.15, 0.2) is 11.0 Å². The summed E-state index contributed by atoms with van der Waals surface area (Å²) in [4.78, 5) is 23.8. The number of rotatable bonds is 7. The van der Waals surface area contributed by atoms with Gasteiger partial charge < -0.3 is 18.6 Å². The quantitative estimate of drug-likeness (QED) is 0.322. The van der Waals surface area contributed by atoms with E-state index in [4.69, 9.17) is 30.2 Å². The van der Waals surface area contributed by atoms with E-state index < -0.39 is 0 Å². The fourth-order valence-electron chi connectivity index (χ4n) is 3.48. The first kappa shape index (κ1) is 21.9. The Hall–Kier alpha value is -2.35. The number of hydrogen-bond donors (Lipinski definition) is 0. The second-order valence-electron chi connectivity index (χ2n) is 7.30. The lowest BCUT2D eigenvalue weighted by Gasteiger charge is -2.32. The molecule has 0 unspecified atom stereocenters. The van der Waals surface area contributed by atoms with Crippen molar-refractivity contribution in [2.45, 2.75) is 18.9 Å².